The quantitative estimate of drug-likeness (QED) is 0.547. The molecule has 2 amide bonds. The van der Waals surface area contributed by atoms with Crippen molar-refractivity contribution in [3.63, 3.8) is 0 Å². The third-order valence-corrected chi connectivity index (χ3v) is 6.82. The Morgan fingerprint density at radius 1 is 1.12 bits per heavy atom. The maximum atomic E-state index is 13.4. The van der Waals surface area contributed by atoms with Gasteiger partial charge in [-0.05, 0) is 50.5 Å². The van der Waals surface area contributed by atoms with Crippen molar-refractivity contribution in [2.24, 2.45) is 0 Å². The predicted molar refractivity (Wildman–Crippen MR) is 133 cm³/mol. The Labute approximate surface area is 201 Å². The number of sulfonamides is 1. The fourth-order valence-corrected chi connectivity index (χ4v) is 4.35. The molecule has 0 aliphatic carbocycles. The summed E-state index contributed by atoms with van der Waals surface area (Å²) in [6.07, 6.45) is 1.80. The van der Waals surface area contributed by atoms with Crippen LogP contribution in [-0.4, -0.2) is 50.5 Å². The number of hydrogen-bond acceptors (Lipinski definition) is 4. The molecule has 180 valence electrons. The van der Waals surface area contributed by atoms with Crippen molar-refractivity contribution in [2.45, 2.75) is 46.7 Å². The monoisotopic (exact) mass is 493 g/mol. The van der Waals surface area contributed by atoms with Crippen LogP contribution in [-0.2, 0) is 26.2 Å². The van der Waals surface area contributed by atoms with E-state index in [1.807, 2.05) is 45.0 Å². The van der Waals surface area contributed by atoms with Gasteiger partial charge in [-0.25, -0.2) is 8.42 Å². The lowest BCUT2D eigenvalue weighted by atomic mass is 10.1. The number of rotatable bonds is 10. The van der Waals surface area contributed by atoms with E-state index in [0.717, 1.165) is 33.7 Å². The standard InChI is InChI=1S/C24H32ClN3O4S/c1-6-12-26-24(30)19(4)27(15-20-9-7-8-17(2)13-20)23(29)16-28(33(5,31)32)21-11-10-18(3)22(25)14-21/h7-11,13-14,19H,6,12,15-16H2,1-5H3,(H,26,30)/t19-/m0/s1. The maximum absolute atomic E-state index is 13.4. The van der Waals surface area contributed by atoms with Crippen LogP contribution in [0.3, 0.4) is 0 Å². The molecule has 2 aromatic carbocycles. The molecule has 0 saturated carbocycles. The number of nitrogens with one attached hydrogen (secondary N) is 1. The van der Waals surface area contributed by atoms with Crippen molar-refractivity contribution in [3.05, 3.63) is 64.2 Å². The van der Waals surface area contributed by atoms with E-state index in [1.54, 1.807) is 19.1 Å². The van der Waals surface area contributed by atoms with E-state index in [2.05, 4.69) is 5.32 Å². The van der Waals surface area contributed by atoms with E-state index in [4.69, 9.17) is 11.6 Å². The molecule has 1 N–H and O–H groups in total. The topological polar surface area (TPSA) is 86.8 Å². The lowest BCUT2D eigenvalue weighted by Crippen LogP contribution is -2.51. The lowest BCUT2D eigenvalue weighted by Gasteiger charge is -2.31. The van der Waals surface area contributed by atoms with E-state index < -0.39 is 28.5 Å². The number of hydrogen-bond donors (Lipinski definition) is 1. The molecule has 0 unspecified atom stereocenters. The summed E-state index contributed by atoms with van der Waals surface area (Å²) < 4.78 is 26.1. The van der Waals surface area contributed by atoms with Crippen LogP contribution in [0.25, 0.3) is 0 Å². The number of carbonyl (C=O) groups is 2. The van der Waals surface area contributed by atoms with E-state index in [-0.39, 0.29) is 12.5 Å². The molecule has 7 nitrogen and oxygen atoms in total. The second-order valence-electron chi connectivity index (χ2n) is 8.18. The Bertz CT molecular complexity index is 1100. The number of halogens is 1. The van der Waals surface area contributed by atoms with Crippen LogP contribution in [0.15, 0.2) is 42.5 Å². The van der Waals surface area contributed by atoms with Crippen molar-refractivity contribution < 1.29 is 18.0 Å². The fourth-order valence-electron chi connectivity index (χ4n) is 3.34. The smallest absolute Gasteiger partial charge is 0.244 e. The Morgan fingerprint density at radius 2 is 1.82 bits per heavy atom. The molecule has 0 radical (unpaired) electrons. The van der Waals surface area contributed by atoms with Crippen molar-refractivity contribution in [1.82, 2.24) is 10.2 Å². The second-order valence-corrected chi connectivity index (χ2v) is 10.5. The van der Waals surface area contributed by atoms with Gasteiger partial charge in [0.25, 0.3) is 0 Å². The highest BCUT2D eigenvalue weighted by molar-refractivity contribution is 7.92. The molecule has 33 heavy (non-hydrogen) atoms. The Hall–Kier alpha value is -2.58. The van der Waals surface area contributed by atoms with Gasteiger partial charge in [-0.15, -0.1) is 0 Å². The highest BCUT2D eigenvalue weighted by atomic mass is 35.5. The van der Waals surface area contributed by atoms with Gasteiger partial charge in [-0.1, -0.05) is 54.4 Å². The summed E-state index contributed by atoms with van der Waals surface area (Å²) in [7, 11) is -3.79. The summed E-state index contributed by atoms with van der Waals surface area (Å²) in [5, 5.41) is 3.21. The van der Waals surface area contributed by atoms with Crippen LogP contribution in [0.4, 0.5) is 5.69 Å². The molecular formula is C24H32ClN3O4S. The zero-order chi connectivity index (χ0) is 24.8. The second kappa shape index (κ2) is 11.5. The number of nitrogens with zero attached hydrogens (tertiary/aromatic N) is 2. The lowest BCUT2D eigenvalue weighted by molar-refractivity contribution is -0.139. The van der Waals surface area contributed by atoms with Crippen LogP contribution >= 0.6 is 11.6 Å². The van der Waals surface area contributed by atoms with E-state index >= 15 is 0 Å². The first-order valence-electron chi connectivity index (χ1n) is 10.8. The highest BCUT2D eigenvalue weighted by Gasteiger charge is 2.30. The Balaban J connectivity index is 2.39. The van der Waals surface area contributed by atoms with Gasteiger partial charge in [0.05, 0.1) is 11.9 Å². The number of carbonyl (C=O) groups excluding carboxylic acids is 2. The summed E-state index contributed by atoms with van der Waals surface area (Å²) in [6.45, 7) is 7.56. The summed E-state index contributed by atoms with van der Waals surface area (Å²) in [4.78, 5) is 27.5. The van der Waals surface area contributed by atoms with Gasteiger partial charge in [0, 0.05) is 18.1 Å². The normalized spacial score (nSPS) is 12.2. The molecule has 0 bridgehead atoms. The van der Waals surface area contributed by atoms with Gasteiger partial charge in [0.1, 0.15) is 12.6 Å². The molecule has 2 aromatic rings. The average Bonchev–Trinajstić information content (AvgIpc) is 2.74. The molecular weight excluding hydrogens is 462 g/mol. The minimum Gasteiger partial charge on any atom is -0.354 e. The number of anilines is 1. The van der Waals surface area contributed by atoms with Crippen LogP contribution in [0.2, 0.25) is 5.02 Å². The van der Waals surface area contributed by atoms with E-state index in [1.165, 1.54) is 11.0 Å². The predicted octanol–water partition coefficient (Wildman–Crippen LogP) is 3.67. The highest BCUT2D eigenvalue weighted by Crippen LogP contribution is 2.25. The summed E-state index contributed by atoms with van der Waals surface area (Å²) >= 11 is 6.20. The van der Waals surface area contributed by atoms with Crippen molar-refractivity contribution in [3.8, 4) is 0 Å². The van der Waals surface area contributed by atoms with E-state index in [0.29, 0.717) is 17.3 Å². The molecule has 0 aliphatic rings. The third kappa shape index (κ3) is 7.47. The summed E-state index contributed by atoms with van der Waals surface area (Å²) in [5.41, 5.74) is 2.96. The SMILES string of the molecule is CCCNC(=O)[C@H](C)N(Cc1cccc(C)c1)C(=O)CN(c1ccc(C)c(Cl)c1)S(C)(=O)=O. The van der Waals surface area contributed by atoms with Gasteiger partial charge >= 0.3 is 0 Å². The van der Waals surface area contributed by atoms with E-state index in [9.17, 15) is 18.0 Å². The molecule has 1 atom stereocenters. The van der Waals surface area contributed by atoms with Crippen molar-refractivity contribution in [1.29, 1.82) is 0 Å². The van der Waals surface area contributed by atoms with Crippen molar-refractivity contribution >= 4 is 39.1 Å². The van der Waals surface area contributed by atoms with Gasteiger partial charge in [0.2, 0.25) is 21.8 Å². The van der Waals surface area contributed by atoms with Crippen molar-refractivity contribution in [2.75, 3.05) is 23.7 Å². The largest absolute Gasteiger partial charge is 0.354 e. The van der Waals surface area contributed by atoms with Gasteiger partial charge in [-0.3, -0.25) is 13.9 Å². The summed E-state index contributed by atoms with van der Waals surface area (Å²) in [5.74, 6) is -0.778. The van der Waals surface area contributed by atoms with Gasteiger partial charge < -0.3 is 10.2 Å². The summed E-state index contributed by atoms with van der Waals surface area (Å²) in [6, 6.07) is 11.7. The number of aryl methyl sites for hydroxylation is 2. The first-order chi connectivity index (χ1) is 15.4. The van der Waals surface area contributed by atoms with Crippen LogP contribution < -0.4 is 9.62 Å². The van der Waals surface area contributed by atoms with Gasteiger partial charge in [0.15, 0.2) is 0 Å². The van der Waals surface area contributed by atoms with Crippen LogP contribution in [0.1, 0.15) is 37.0 Å². The molecule has 0 saturated heterocycles. The minimum absolute atomic E-state index is 0.174. The molecule has 0 aromatic heterocycles. The Kier molecular flexibility index (Phi) is 9.31. The molecule has 0 spiro atoms. The average molecular weight is 494 g/mol. The third-order valence-electron chi connectivity index (χ3n) is 5.27. The first-order valence-corrected chi connectivity index (χ1v) is 13.0. The Morgan fingerprint density at radius 3 is 2.39 bits per heavy atom. The van der Waals surface area contributed by atoms with Crippen LogP contribution in [0.5, 0.6) is 0 Å². The van der Waals surface area contributed by atoms with Crippen LogP contribution in [0, 0.1) is 13.8 Å². The molecule has 0 aliphatic heterocycles. The maximum Gasteiger partial charge on any atom is 0.244 e. The molecule has 0 heterocycles. The first kappa shape index (κ1) is 26.7. The van der Waals surface area contributed by atoms with Gasteiger partial charge in [-0.2, -0.15) is 0 Å². The molecule has 0 fully saturated rings. The minimum atomic E-state index is -3.79. The zero-order valence-electron chi connectivity index (χ0n) is 19.8. The molecule has 9 heteroatoms. The molecule has 2 rings (SSSR count). The zero-order valence-corrected chi connectivity index (χ0v) is 21.3. The fraction of sp³-hybridized carbons (Fsp3) is 0.417. The number of benzene rings is 2. The number of amides is 2.